The zero-order chi connectivity index (χ0) is 22.4. The molecule has 0 aliphatic heterocycles. The maximum absolute atomic E-state index is 12.6. The molecular formula is C23H20Cl2N2O4. The highest BCUT2D eigenvalue weighted by Gasteiger charge is 2.15. The Bertz CT molecular complexity index is 1120. The third-order valence-corrected chi connectivity index (χ3v) is 5.04. The van der Waals surface area contributed by atoms with E-state index in [0.29, 0.717) is 39.4 Å². The standard InChI is InChI=1S/C23H20Cl2N2O4/c1-3-26-23(29)20(27-22(28)14-4-7-16(30-2)8-5-14)13-17-9-11-21(31-17)15-6-10-18(24)19(25)12-15/h4-13H,3H2,1-2H3,(H,26,29)(H,27,28)/b20-13+. The fourth-order valence-corrected chi connectivity index (χ4v) is 3.03. The van der Waals surface area contributed by atoms with Crippen LogP contribution < -0.4 is 15.4 Å². The minimum atomic E-state index is -0.434. The number of benzene rings is 2. The number of hydrogen-bond acceptors (Lipinski definition) is 4. The second kappa shape index (κ2) is 10.2. The van der Waals surface area contributed by atoms with E-state index < -0.39 is 11.8 Å². The number of nitrogens with one attached hydrogen (secondary N) is 2. The van der Waals surface area contributed by atoms with E-state index in [9.17, 15) is 9.59 Å². The van der Waals surface area contributed by atoms with Crippen molar-refractivity contribution >= 4 is 41.1 Å². The van der Waals surface area contributed by atoms with Gasteiger partial charge < -0.3 is 19.8 Å². The van der Waals surface area contributed by atoms with E-state index in [-0.39, 0.29) is 5.70 Å². The molecule has 0 aliphatic carbocycles. The average Bonchev–Trinajstić information content (AvgIpc) is 3.24. The van der Waals surface area contributed by atoms with Gasteiger partial charge in [0.2, 0.25) is 0 Å². The summed E-state index contributed by atoms with van der Waals surface area (Å²) in [6, 6.07) is 15.1. The average molecular weight is 459 g/mol. The van der Waals surface area contributed by atoms with Gasteiger partial charge in [0.05, 0.1) is 17.2 Å². The molecule has 0 atom stereocenters. The van der Waals surface area contributed by atoms with E-state index in [4.69, 9.17) is 32.4 Å². The lowest BCUT2D eigenvalue weighted by molar-refractivity contribution is -0.117. The van der Waals surface area contributed by atoms with Gasteiger partial charge in [-0.1, -0.05) is 23.2 Å². The quantitative estimate of drug-likeness (QED) is 0.478. The number of hydrogen-bond donors (Lipinski definition) is 2. The van der Waals surface area contributed by atoms with E-state index in [2.05, 4.69) is 10.6 Å². The monoisotopic (exact) mass is 458 g/mol. The number of halogens is 2. The molecule has 31 heavy (non-hydrogen) atoms. The number of rotatable bonds is 7. The maximum atomic E-state index is 12.6. The second-order valence-corrected chi connectivity index (χ2v) is 7.25. The number of carbonyl (C=O) groups is 2. The molecule has 6 nitrogen and oxygen atoms in total. The minimum absolute atomic E-state index is 0.0534. The summed E-state index contributed by atoms with van der Waals surface area (Å²) in [4.78, 5) is 25.1. The van der Waals surface area contributed by atoms with E-state index >= 15 is 0 Å². The lowest BCUT2D eigenvalue weighted by Crippen LogP contribution is -2.34. The first-order valence-corrected chi connectivity index (χ1v) is 10.2. The molecule has 0 aliphatic rings. The van der Waals surface area contributed by atoms with Crippen molar-refractivity contribution in [2.24, 2.45) is 0 Å². The molecule has 1 aromatic heterocycles. The van der Waals surface area contributed by atoms with Crippen LogP contribution in [0.3, 0.4) is 0 Å². The normalized spacial score (nSPS) is 11.2. The van der Waals surface area contributed by atoms with Crippen LogP contribution >= 0.6 is 23.2 Å². The third-order valence-electron chi connectivity index (χ3n) is 4.30. The fraction of sp³-hybridized carbons (Fsp3) is 0.130. The highest BCUT2D eigenvalue weighted by atomic mass is 35.5. The Morgan fingerprint density at radius 2 is 1.77 bits per heavy atom. The Kier molecular flexibility index (Phi) is 7.39. The summed E-state index contributed by atoms with van der Waals surface area (Å²) in [7, 11) is 1.54. The van der Waals surface area contributed by atoms with Crippen LogP contribution in [-0.4, -0.2) is 25.5 Å². The summed E-state index contributed by atoms with van der Waals surface area (Å²) in [5.74, 6) is 0.689. The van der Waals surface area contributed by atoms with Crippen LogP contribution in [0.15, 0.2) is 64.7 Å². The van der Waals surface area contributed by atoms with Gasteiger partial charge in [-0.15, -0.1) is 0 Å². The Balaban J connectivity index is 1.86. The summed E-state index contributed by atoms with van der Waals surface area (Å²) >= 11 is 12.0. The Morgan fingerprint density at radius 1 is 1.03 bits per heavy atom. The summed E-state index contributed by atoms with van der Waals surface area (Å²) in [5.41, 5.74) is 1.17. The smallest absolute Gasteiger partial charge is 0.267 e. The summed E-state index contributed by atoms with van der Waals surface area (Å²) in [6.45, 7) is 2.19. The zero-order valence-electron chi connectivity index (χ0n) is 16.9. The molecule has 160 valence electrons. The summed E-state index contributed by atoms with van der Waals surface area (Å²) in [5, 5.41) is 6.16. The van der Waals surface area contributed by atoms with Crippen molar-refractivity contribution in [1.82, 2.24) is 10.6 Å². The number of carbonyl (C=O) groups excluding carboxylic acids is 2. The molecule has 0 saturated carbocycles. The largest absolute Gasteiger partial charge is 0.497 e. The Morgan fingerprint density at radius 3 is 2.42 bits per heavy atom. The van der Waals surface area contributed by atoms with Crippen LogP contribution in [0, 0.1) is 0 Å². The minimum Gasteiger partial charge on any atom is -0.497 e. The van der Waals surface area contributed by atoms with E-state index in [1.54, 1.807) is 68.6 Å². The van der Waals surface area contributed by atoms with Crippen molar-refractivity contribution < 1.29 is 18.7 Å². The van der Waals surface area contributed by atoms with Crippen LogP contribution in [0.25, 0.3) is 17.4 Å². The topological polar surface area (TPSA) is 80.6 Å². The van der Waals surface area contributed by atoms with E-state index in [1.165, 1.54) is 6.08 Å². The Hall–Kier alpha value is -3.22. The van der Waals surface area contributed by atoms with E-state index in [1.807, 2.05) is 0 Å². The summed E-state index contributed by atoms with van der Waals surface area (Å²) < 4.78 is 10.9. The molecule has 1 heterocycles. The predicted molar refractivity (Wildman–Crippen MR) is 121 cm³/mol. The first-order valence-electron chi connectivity index (χ1n) is 9.41. The van der Waals surface area contributed by atoms with Crippen LogP contribution in [0.4, 0.5) is 0 Å². The molecule has 3 rings (SSSR count). The lowest BCUT2D eigenvalue weighted by Gasteiger charge is -2.10. The zero-order valence-corrected chi connectivity index (χ0v) is 18.4. The van der Waals surface area contributed by atoms with Crippen LogP contribution in [0.5, 0.6) is 5.75 Å². The SMILES string of the molecule is CCNC(=O)/C(=C\c1ccc(-c2ccc(Cl)c(Cl)c2)o1)NC(=O)c1ccc(OC)cc1. The van der Waals surface area contributed by atoms with Gasteiger partial charge in [0.25, 0.3) is 11.8 Å². The molecule has 3 aromatic rings. The summed E-state index contributed by atoms with van der Waals surface area (Å²) in [6.07, 6.45) is 1.47. The van der Waals surface area contributed by atoms with E-state index in [0.717, 1.165) is 5.56 Å². The molecule has 0 saturated heterocycles. The number of amides is 2. The van der Waals surface area contributed by atoms with Crippen molar-refractivity contribution in [3.05, 3.63) is 81.7 Å². The molecule has 2 amide bonds. The molecule has 0 unspecified atom stereocenters. The molecule has 0 fully saturated rings. The van der Waals surface area contributed by atoms with Gasteiger partial charge in [-0.05, 0) is 61.5 Å². The molecule has 0 spiro atoms. The van der Waals surface area contributed by atoms with Gasteiger partial charge in [0.1, 0.15) is 23.0 Å². The van der Waals surface area contributed by atoms with Gasteiger partial charge in [-0.25, -0.2) is 0 Å². The highest BCUT2D eigenvalue weighted by Crippen LogP contribution is 2.30. The van der Waals surface area contributed by atoms with Gasteiger partial charge in [0, 0.05) is 23.7 Å². The maximum Gasteiger partial charge on any atom is 0.267 e. The van der Waals surface area contributed by atoms with Gasteiger partial charge in [-0.2, -0.15) is 0 Å². The second-order valence-electron chi connectivity index (χ2n) is 6.43. The number of methoxy groups -OCH3 is 1. The van der Waals surface area contributed by atoms with Crippen LogP contribution in [0.2, 0.25) is 10.0 Å². The van der Waals surface area contributed by atoms with Crippen LogP contribution in [-0.2, 0) is 4.79 Å². The molecule has 2 N–H and O–H groups in total. The van der Waals surface area contributed by atoms with Gasteiger partial charge in [-0.3, -0.25) is 9.59 Å². The Labute approximate surface area is 189 Å². The number of furan rings is 1. The predicted octanol–water partition coefficient (Wildman–Crippen LogP) is 5.17. The molecule has 8 heteroatoms. The third kappa shape index (κ3) is 5.69. The lowest BCUT2D eigenvalue weighted by atomic mass is 10.2. The number of likely N-dealkylation sites (N-methyl/N-ethyl adjacent to an activating group) is 1. The first kappa shape index (κ1) is 22.5. The highest BCUT2D eigenvalue weighted by molar-refractivity contribution is 6.42. The van der Waals surface area contributed by atoms with Gasteiger partial charge in [0.15, 0.2) is 0 Å². The van der Waals surface area contributed by atoms with Crippen molar-refractivity contribution in [1.29, 1.82) is 0 Å². The van der Waals surface area contributed by atoms with Gasteiger partial charge >= 0.3 is 0 Å². The van der Waals surface area contributed by atoms with Crippen LogP contribution in [0.1, 0.15) is 23.0 Å². The molecule has 0 radical (unpaired) electrons. The van der Waals surface area contributed by atoms with Crippen molar-refractivity contribution in [3.8, 4) is 17.1 Å². The molecular weight excluding hydrogens is 439 g/mol. The van der Waals surface area contributed by atoms with Crippen molar-refractivity contribution in [2.45, 2.75) is 6.92 Å². The molecule has 0 bridgehead atoms. The van der Waals surface area contributed by atoms with Crippen molar-refractivity contribution in [3.63, 3.8) is 0 Å². The molecule has 2 aromatic carbocycles. The first-order chi connectivity index (χ1) is 14.9. The number of ether oxygens (including phenoxy) is 1. The van der Waals surface area contributed by atoms with Crippen molar-refractivity contribution in [2.75, 3.05) is 13.7 Å². The fourth-order valence-electron chi connectivity index (χ4n) is 2.73.